The van der Waals surface area contributed by atoms with E-state index in [1.165, 1.54) is 0 Å². The smallest absolute Gasteiger partial charge is 0.140 e. The Morgan fingerprint density at radius 1 is 1.07 bits per heavy atom. The van der Waals surface area contributed by atoms with Crippen molar-refractivity contribution < 1.29 is 0 Å². The fourth-order valence-corrected chi connectivity index (χ4v) is 3.63. The molecule has 4 rings (SSSR count). The van der Waals surface area contributed by atoms with Crippen LogP contribution in [0.4, 0.5) is 11.4 Å². The van der Waals surface area contributed by atoms with Gasteiger partial charge in [-0.25, -0.2) is 9.97 Å². The number of nitriles is 1. The van der Waals surface area contributed by atoms with E-state index in [0.29, 0.717) is 16.4 Å². The highest BCUT2D eigenvalue weighted by molar-refractivity contribution is 6.35. The molecule has 0 radical (unpaired) electrons. The van der Waals surface area contributed by atoms with Gasteiger partial charge in [-0.2, -0.15) is 5.26 Å². The van der Waals surface area contributed by atoms with Gasteiger partial charge in [0, 0.05) is 29.4 Å². The molecule has 0 unspecified atom stereocenters. The summed E-state index contributed by atoms with van der Waals surface area (Å²) in [5.41, 5.74) is 13.6. The predicted molar refractivity (Wildman–Crippen MR) is 122 cm³/mol. The number of fused-ring (bicyclic) bond motifs is 1. The molecule has 2 heterocycles. The van der Waals surface area contributed by atoms with Crippen molar-refractivity contribution in [1.29, 1.82) is 5.26 Å². The number of hydrogen-bond donors (Lipinski definition) is 2. The summed E-state index contributed by atoms with van der Waals surface area (Å²) in [4.78, 5) is 8.82. The Hall–Kier alpha value is -3.46. The average Bonchev–Trinajstić information content (AvgIpc) is 2.77. The maximum Gasteiger partial charge on any atom is 0.140 e. The van der Waals surface area contributed by atoms with Gasteiger partial charge in [0.05, 0.1) is 21.9 Å². The molecule has 2 aromatic carbocycles. The number of hydrogen-bond acceptors (Lipinski definition) is 5. The van der Waals surface area contributed by atoms with Crippen molar-refractivity contribution in [3.05, 3.63) is 82.3 Å². The lowest BCUT2D eigenvalue weighted by Crippen LogP contribution is -2.05. The zero-order chi connectivity index (χ0) is 21.3. The molecule has 0 saturated carbocycles. The van der Waals surface area contributed by atoms with Gasteiger partial charge >= 0.3 is 0 Å². The maximum atomic E-state index is 8.98. The highest BCUT2D eigenvalue weighted by Gasteiger charge is 2.15. The van der Waals surface area contributed by atoms with Gasteiger partial charge in [0.15, 0.2) is 0 Å². The lowest BCUT2D eigenvalue weighted by molar-refractivity contribution is 1.01. The Morgan fingerprint density at radius 2 is 1.87 bits per heavy atom. The van der Waals surface area contributed by atoms with Crippen LogP contribution in [0, 0.1) is 25.2 Å². The van der Waals surface area contributed by atoms with Gasteiger partial charge in [0.2, 0.25) is 0 Å². The number of halogens is 1. The molecule has 6 heteroatoms. The molecule has 0 fully saturated rings. The minimum atomic E-state index is 0.248. The van der Waals surface area contributed by atoms with E-state index in [0.717, 1.165) is 44.5 Å². The molecule has 0 atom stereocenters. The second kappa shape index (κ2) is 8.11. The molecule has 0 aliphatic carbocycles. The SMILES string of the molecule is Cc1ccc(C)c(Nc2c(Cl)c(CN)nc3ccc(-c4ccc(C#N)nc4)cc23)c1. The number of nitrogens with two attached hydrogens (primary N) is 1. The Kier molecular flexibility index (Phi) is 5.37. The largest absolute Gasteiger partial charge is 0.353 e. The van der Waals surface area contributed by atoms with Crippen LogP contribution in [0.2, 0.25) is 5.02 Å². The lowest BCUT2D eigenvalue weighted by Gasteiger charge is -2.17. The van der Waals surface area contributed by atoms with Crippen LogP contribution in [0.15, 0.2) is 54.7 Å². The Morgan fingerprint density at radius 3 is 2.57 bits per heavy atom. The normalized spacial score (nSPS) is 10.8. The van der Waals surface area contributed by atoms with E-state index in [1.807, 2.05) is 30.3 Å². The molecule has 0 saturated heterocycles. The molecule has 3 N–H and O–H groups in total. The quantitative estimate of drug-likeness (QED) is 0.452. The van der Waals surface area contributed by atoms with Crippen molar-refractivity contribution in [2.24, 2.45) is 5.73 Å². The number of nitrogens with one attached hydrogen (secondary N) is 1. The van der Waals surface area contributed by atoms with Gasteiger partial charge in [0.25, 0.3) is 0 Å². The lowest BCUT2D eigenvalue weighted by atomic mass is 10.0. The summed E-state index contributed by atoms with van der Waals surface area (Å²) in [6.07, 6.45) is 1.70. The van der Waals surface area contributed by atoms with E-state index in [9.17, 15) is 0 Å². The van der Waals surface area contributed by atoms with E-state index in [-0.39, 0.29) is 6.54 Å². The minimum absolute atomic E-state index is 0.248. The first-order valence-corrected chi connectivity index (χ1v) is 9.91. The molecule has 0 amide bonds. The number of aryl methyl sites for hydroxylation is 2. The van der Waals surface area contributed by atoms with Gasteiger partial charge in [-0.1, -0.05) is 29.8 Å². The van der Waals surface area contributed by atoms with Crippen LogP contribution in [-0.2, 0) is 6.54 Å². The highest BCUT2D eigenvalue weighted by atomic mass is 35.5. The second-order valence-corrected chi connectivity index (χ2v) is 7.55. The van der Waals surface area contributed by atoms with Crippen LogP contribution in [0.5, 0.6) is 0 Å². The Bertz CT molecular complexity index is 1290. The first-order valence-electron chi connectivity index (χ1n) is 9.53. The number of rotatable bonds is 4. The summed E-state index contributed by atoms with van der Waals surface area (Å²) in [6, 6.07) is 17.8. The van der Waals surface area contributed by atoms with E-state index in [2.05, 4.69) is 47.3 Å². The topological polar surface area (TPSA) is 87.6 Å². The molecule has 0 bridgehead atoms. The molecule has 0 aliphatic rings. The second-order valence-electron chi connectivity index (χ2n) is 7.17. The predicted octanol–water partition coefficient (Wildman–Crippen LogP) is 5.64. The third kappa shape index (κ3) is 3.71. The van der Waals surface area contributed by atoms with Crippen molar-refractivity contribution >= 4 is 33.9 Å². The summed E-state index contributed by atoms with van der Waals surface area (Å²) >= 11 is 6.71. The van der Waals surface area contributed by atoms with Crippen molar-refractivity contribution in [1.82, 2.24) is 9.97 Å². The van der Waals surface area contributed by atoms with Crippen LogP contribution < -0.4 is 11.1 Å². The van der Waals surface area contributed by atoms with Crippen LogP contribution in [0.1, 0.15) is 22.5 Å². The van der Waals surface area contributed by atoms with Gasteiger partial charge in [-0.3, -0.25) is 0 Å². The van der Waals surface area contributed by atoms with Crippen LogP contribution in [0.25, 0.3) is 22.0 Å². The zero-order valence-corrected chi connectivity index (χ0v) is 17.5. The molecular formula is C24H20ClN5. The zero-order valence-electron chi connectivity index (χ0n) is 16.7. The third-order valence-corrected chi connectivity index (χ3v) is 5.46. The number of anilines is 2. The Labute approximate surface area is 180 Å². The van der Waals surface area contributed by atoms with Gasteiger partial charge in [0.1, 0.15) is 11.8 Å². The van der Waals surface area contributed by atoms with Crippen molar-refractivity contribution in [2.75, 3.05) is 5.32 Å². The van der Waals surface area contributed by atoms with Gasteiger partial charge in [-0.15, -0.1) is 0 Å². The monoisotopic (exact) mass is 413 g/mol. The molecule has 148 valence electrons. The molecule has 0 spiro atoms. The fraction of sp³-hybridized carbons (Fsp3) is 0.125. The third-order valence-electron chi connectivity index (χ3n) is 5.05. The summed E-state index contributed by atoms with van der Waals surface area (Å²) in [6.45, 7) is 4.35. The number of nitrogens with zero attached hydrogens (tertiary/aromatic N) is 3. The van der Waals surface area contributed by atoms with Crippen molar-refractivity contribution in [3.63, 3.8) is 0 Å². The standard InChI is InChI=1S/C24H20ClN5/c1-14-3-4-15(2)21(9-14)30-24-19-10-16(17-5-7-18(11-26)28-13-17)6-8-20(19)29-22(12-27)23(24)25/h3-10,13H,12,27H2,1-2H3,(H,29,30). The minimum Gasteiger partial charge on any atom is -0.353 e. The summed E-state index contributed by atoms with van der Waals surface area (Å²) in [7, 11) is 0. The maximum absolute atomic E-state index is 8.98. The van der Waals surface area contributed by atoms with E-state index < -0.39 is 0 Å². The highest BCUT2D eigenvalue weighted by Crippen LogP contribution is 2.37. The molecule has 4 aromatic rings. The summed E-state index contributed by atoms with van der Waals surface area (Å²) in [5, 5.41) is 13.9. The van der Waals surface area contributed by atoms with Crippen LogP contribution in [-0.4, -0.2) is 9.97 Å². The molecular weight excluding hydrogens is 394 g/mol. The average molecular weight is 414 g/mol. The van der Waals surface area contributed by atoms with Crippen molar-refractivity contribution in [2.45, 2.75) is 20.4 Å². The number of pyridine rings is 2. The van der Waals surface area contributed by atoms with E-state index in [4.69, 9.17) is 22.6 Å². The summed E-state index contributed by atoms with van der Waals surface area (Å²) in [5.74, 6) is 0. The van der Waals surface area contributed by atoms with E-state index in [1.54, 1.807) is 12.3 Å². The summed E-state index contributed by atoms with van der Waals surface area (Å²) < 4.78 is 0. The fourth-order valence-electron chi connectivity index (χ4n) is 3.36. The number of benzene rings is 2. The van der Waals surface area contributed by atoms with E-state index >= 15 is 0 Å². The molecule has 2 aromatic heterocycles. The van der Waals surface area contributed by atoms with Crippen LogP contribution in [0.3, 0.4) is 0 Å². The first kappa shape index (κ1) is 19.8. The molecule has 5 nitrogen and oxygen atoms in total. The number of aromatic nitrogens is 2. The first-order chi connectivity index (χ1) is 14.5. The van der Waals surface area contributed by atoms with Crippen LogP contribution >= 0.6 is 11.6 Å². The Balaban J connectivity index is 1.90. The van der Waals surface area contributed by atoms with Crippen molar-refractivity contribution in [3.8, 4) is 17.2 Å². The van der Waals surface area contributed by atoms with Gasteiger partial charge < -0.3 is 11.1 Å². The molecule has 30 heavy (non-hydrogen) atoms. The van der Waals surface area contributed by atoms with Gasteiger partial charge in [-0.05, 0) is 60.9 Å². The molecule has 0 aliphatic heterocycles.